The van der Waals surface area contributed by atoms with Gasteiger partial charge in [-0.15, -0.1) is 0 Å². The molecule has 2 heterocycles. The van der Waals surface area contributed by atoms with Crippen LogP contribution >= 0.6 is 0 Å². The first-order valence-corrected chi connectivity index (χ1v) is 9.20. The molecule has 1 N–H and O–H groups in total. The molecule has 0 bridgehead atoms. The van der Waals surface area contributed by atoms with Crippen molar-refractivity contribution in [1.29, 1.82) is 0 Å². The van der Waals surface area contributed by atoms with E-state index in [1.54, 1.807) is 0 Å². The van der Waals surface area contributed by atoms with Crippen LogP contribution in [-0.2, 0) is 4.74 Å². The van der Waals surface area contributed by atoms with Crippen LogP contribution in [-0.4, -0.2) is 49.8 Å². The SMILES string of the molecule is CCCC1CCCCN1CC1(CNC(C)C)CCCOC1. The molecule has 21 heavy (non-hydrogen) atoms. The van der Waals surface area contributed by atoms with Crippen LogP contribution in [0.15, 0.2) is 0 Å². The fourth-order valence-corrected chi connectivity index (χ4v) is 4.01. The Bertz CT molecular complexity index is 285. The van der Waals surface area contributed by atoms with E-state index in [1.807, 2.05) is 0 Å². The zero-order valence-corrected chi connectivity index (χ0v) is 14.5. The van der Waals surface area contributed by atoms with Crippen molar-refractivity contribution in [3.05, 3.63) is 0 Å². The third-order valence-corrected chi connectivity index (χ3v) is 5.20. The van der Waals surface area contributed by atoms with Gasteiger partial charge < -0.3 is 10.1 Å². The molecule has 2 saturated heterocycles. The molecule has 0 aliphatic carbocycles. The van der Waals surface area contributed by atoms with E-state index >= 15 is 0 Å². The highest BCUT2D eigenvalue weighted by molar-refractivity contribution is 4.90. The van der Waals surface area contributed by atoms with Crippen LogP contribution in [0.3, 0.4) is 0 Å². The van der Waals surface area contributed by atoms with E-state index in [4.69, 9.17) is 4.74 Å². The summed E-state index contributed by atoms with van der Waals surface area (Å²) >= 11 is 0. The summed E-state index contributed by atoms with van der Waals surface area (Å²) in [6.07, 6.45) is 9.45. The Balaban J connectivity index is 1.98. The Morgan fingerprint density at radius 2 is 2.14 bits per heavy atom. The van der Waals surface area contributed by atoms with E-state index in [9.17, 15) is 0 Å². The molecule has 0 aromatic carbocycles. The molecule has 0 radical (unpaired) electrons. The fraction of sp³-hybridized carbons (Fsp3) is 1.00. The smallest absolute Gasteiger partial charge is 0.0546 e. The van der Waals surface area contributed by atoms with Crippen LogP contribution in [0.5, 0.6) is 0 Å². The lowest BCUT2D eigenvalue weighted by atomic mass is 9.80. The van der Waals surface area contributed by atoms with Crippen LogP contribution in [0, 0.1) is 5.41 Å². The molecule has 2 fully saturated rings. The molecule has 124 valence electrons. The van der Waals surface area contributed by atoms with Gasteiger partial charge in [-0.1, -0.05) is 33.6 Å². The normalized spacial score (nSPS) is 31.7. The molecule has 0 saturated carbocycles. The Hall–Kier alpha value is -0.120. The highest BCUT2D eigenvalue weighted by Gasteiger charge is 2.37. The number of piperidine rings is 1. The number of ether oxygens (including phenoxy) is 1. The van der Waals surface area contributed by atoms with Crippen LogP contribution < -0.4 is 5.32 Å². The van der Waals surface area contributed by atoms with E-state index in [-0.39, 0.29) is 0 Å². The molecule has 3 nitrogen and oxygen atoms in total. The number of nitrogens with zero attached hydrogens (tertiary/aromatic N) is 1. The van der Waals surface area contributed by atoms with E-state index < -0.39 is 0 Å². The molecule has 0 aromatic rings. The number of rotatable bonds is 7. The van der Waals surface area contributed by atoms with Gasteiger partial charge in [-0.05, 0) is 38.6 Å². The van der Waals surface area contributed by atoms with Gasteiger partial charge in [0.2, 0.25) is 0 Å². The molecule has 2 unspecified atom stereocenters. The second kappa shape index (κ2) is 8.50. The van der Waals surface area contributed by atoms with Crippen molar-refractivity contribution in [3.63, 3.8) is 0 Å². The Morgan fingerprint density at radius 1 is 1.29 bits per heavy atom. The van der Waals surface area contributed by atoms with Gasteiger partial charge in [0, 0.05) is 37.2 Å². The monoisotopic (exact) mass is 296 g/mol. The molecule has 0 amide bonds. The predicted molar refractivity (Wildman–Crippen MR) is 89.7 cm³/mol. The standard InChI is InChI=1S/C18H36N2O/c1-4-8-17-9-5-6-11-20(17)14-18(13-19-16(2)3)10-7-12-21-15-18/h16-17,19H,4-15H2,1-3H3. The maximum absolute atomic E-state index is 5.89. The van der Waals surface area contributed by atoms with E-state index in [0.29, 0.717) is 11.5 Å². The molecular weight excluding hydrogens is 260 g/mol. The third-order valence-electron chi connectivity index (χ3n) is 5.20. The van der Waals surface area contributed by atoms with Crippen molar-refractivity contribution in [1.82, 2.24) is 10.2 Å². The van der Waals surface area contributed by atoms with Crippen molar-refractivity contribution in [2.45, 2.75) is 77.8 Å². The summed E-state index contributed by atoms with van der Waals surface area (Å²) in [6, 6.07) is 1.39. The van der Waals surface area contributed by atoms with Gasteiger partial charge in [-0.25, -0.2) is 0 Å². The van der Waals surface area contributed by atoms with Crippen molar-refractivity contribution in [2.75, 3.05) is 32.8 Å². The maximum atomic E-state index is 5.89. The molecule has 2 atom stereocenters. The predicted octanol–water partition coefficient (Wildman–Crippen LogP) is 3.44. The summed E-state index contributed by atoms with van der Waals surface area (Å²) < 4.78 is 5.89. The highest BCUT2D eigenvalue weighted by Crippen LogP contribution is 2.32. The fourth-order valence-electron chi connectivity index (χ4n) is 4.01. The molecule has 2 aliphatic rings. The Kier molecular flexibility index (Phi) is 6.97. The van der Waals surface area contributed by atoms with Crippen molar-refractivity contribution >= 4 is 0 Å². The van der Waals surface area contributed by atoms with Gasteiger partial charge in [-0.3, -0.25) is 4.90 Å². The average molecular weight is 296 g/mol. The largest absolute Gasteiger partial charge is 0.381 e. The second-order valence-corrected chi connectivity index (χ2v) is 7.60. The van der Waals surface area contributed by atoms with Crippen LogP contribution in [0.2, 0.25) is 0 Å². The lowest BCUT2D eigenvalue weighted by Crippen LogP contribution is -2.53. The first-order valence-electron chi connectivity index (χ1n) is 9.20. The quantitative estimate of drug-likeness (QED) is 0.779. The number of hydrogen-bond acceptors (Lipinski definition) is 3. The first kappa shape index (κ1) is 17.2. The summed E-state index contributed by atoms with van der Waals surface area (Å²) in [5, 5.41) is 3.69. The number of hydrogen-bond donors (Lipinski definition) is 1. The van der Waals surface area contributed by atoms with Crippen molar-refractivity contribution < 1.29 is 4.74 Å². The summed E-state index contributed by atoms with van der Waals surface area (Å²) in [4.78, 5) is 2.80. The van der Waals surface area contributed by atoms with Crippen LogP contribution in [0.4, 0.5) is 0 Å². The lowest BCUT2D eigenvalue weighted by molar-refractivity contribution is -0.0391. The maximum Gasteiger partial charge on any atom is 0.0546 e. The second-order valence-electron chi connectivity index (χ2n) is 7.60. The minimum Gasteiger partial charge on any atom is -0.381 e. The van der Waals surface area contributed by atoms with Gasteiger partial charge in [0.15, 0.2) is 0 Å². The minimum absolute atomic E-state index is 0.339. The summed E-state index contributed by atoms with van der Waals surface area (Å²) in [7, 11) is 0. The molecule has 2 rings (SSSR count). The Morgan fingerprint density at radius 3 is 2.81 bits per heavy atom. The summed E-state index contributed by atoms with van der Waals surface area (Å²) in [5.41, 5.74) is 0.339. The van der Waals surface area contributed by atoms with E-state index in [1.165, 1.54) is 58.0 Å². The number of nitrogens with one attached hydrogen (secondary N) is 1. The molecule has 3 heteroatoms. The van der Waals surface area contributed by atoms with Gasteiger partial charge in [0.1, 0.15) is 0 Å². The zero-order valence-electron chi connectivity index (χ0n) is 14.5. The Labute approximate surface area is 131 Å². The van der Waals surface area contributed by atoms with Gasteiger partial charge in [0.25, 0.3) is 0 Å². The molecule has 0 aromatic heterocycles. The minimum atomic E-state index is 0.339. The van der Waals surface area contributed by atoms with Crippen LogP contribution in [0.1, 0.15) is 65.7 Å². The van der Waals surface area contributed by atoms with E-state index in [2.05, 4.69) is 31.0 Å². The number of likely N-dealkylation sites (tertiary alicyclic amines) is 1. The molecular formula is C18H36N2O. The molecule has 0 spiro atoms. The third kappa shape index (κ3) is 5.22. The van der Waals surface area contributed by atoms with Crippen LogP contribution in [0.25, 0.3) is 0 Å². The first-order chi connectivity index (χ1) is 10.2. The van der Waals surface area contributed by atoms with Crippen molar-refractivity contribution in [3.8, 4) is 0 Å². The lowest BCUT2D eigenvalue weighted by Gasteiger charge is -2.45. The summed E-state index contributed by atoms with van der Waals surface area (Å²) in [5.74, 6) is 0. The van der Waals surface area contributed by atoms with Gasteiger partial charge in [0.05, 0.1) is 6.61 Å². The van der Waals surface area contributed by atoms with Gasteiger partial charge in [-0.2, -0.15) is 0 Å². The average Bonchev–Trinajstić information content (AvgIpc) is 2.49. The van der Waals surface area contributed by atoms with E-state index in [0.717, 1.165) is 25.8 Å². The molecule has 2 aliphatic heterocycles. The van der Waals surface area contributed by atoms with Gasteiger partial charge >= 0.3 is 0 Å². The van der Waals surface area contributed by atoms with Crippen molar-refractivity contribution in [2.24, 2.45) is 5.41 Å². The topological polar surface area (TPSA) is 24.5 Å². The summed E-state index contributed by atoms with van der Waals surface area (Å²) in [6.45, 7) is 12.4. The highest BCUT2D eigenvalue weighted by atomic mass is 16.5. The zero-order chi connectivity index (χ0) is 15.1.